The number of fused-ring (bicyclic) bond motifs is 7. The van der Waals surface area contributed by atoms with E-state index >= 15 is 0 Å². The Morgan fingerprint density at radius 2 is 1.72 bits per heavy atom. The lowest BCUT2D eigenvalue weighted by Crippen LogP contribution is -2.50. The average molecular weight is 417 g/mol. The smallest absolute Gasteiger partial charge is 0.257 e. The number of hydrogen-bond acceptors (Lipinski definition) is 4. The molecule has 6 nitrogen and oxygen atoms in total. The molecule has 0 bridgehead atoms. The summed E-state index contributed by atoms with van der Waals surface area (Å²) < 4.78 is 0. The SMILES string of the molecule is O=C1c2ccccc2N(c2ccc3nccnc3c2)C2c3[nH]c4ccccc4c3CCN12. The van der Waals surface area contributed by atoms with Crippen molar-refractivity contribution in [3.8, 4) is 0 Å². The maximum Gasteiger partial charge on any atom is 0.257 e. The summed E-state index contributed by atoms with van der Waals surface area (Å²) in [6.45, 7) is 0.677. The maximum absolute atomic E-state index is 13.5. The van der Waals surface area contributed by atoms with Crippen LogP contribution in [-0.4, -0.2) is 32.3 Å². The number of carbonyl (C=O) groups is 1. The topological polar surface area (TPSA) is 65.1 Å². The van der Waals surface area contributed by atoms with Gasteiger partial charge in [0.05, 0.1) is 28.0 Å². The fourth-order valence-electron chi connectivity index (χ4n) is 5.23. The molecule has 1 atom stereocenters. The van der Waals surface area contributed by atoms with Gasteiger partial charge in [-0.2, -0.15) is 0 Å². The highest BCUT2D eigenvalue weighted by Crippen LogP contribution is 2.47. The van der Waals surface area contributed by atoms with Gasteiger partial charge in [-0.25, -0.2) is 0 Å². The van der Waals surface area contributed by atoms with Crippen LogP contribution in [0.4, 0.5) is 11.4 Å². The predicted molar refractivity (Wildman–Crippen MR) is 124 cm³/mol. The van der Waals surface area contributed by atoms with Crippen LogP contribution >= 0.6 is 0 Å². The molecule has 1 N–H and O–H groups in total. The lowest BCUT2D eigenvalue weighted by molar-refractivity contribution is 0.0642. The number of aromatic nitrogens is 3. The number of para-hydroxylation sites is 2. The van der Waals surface area contributed by atoms with E-state index in [4.69, 9.17) is 0 Å². The number of hydrogen-bond donors (Lipinski definition) is 1. The number of nitrogens with zero attached hydrogens (tertiary/aromatic N) is 4. The van der Waals surface area contributed by atoms with E-state index in [1.54, 1.807) is 12.4 Å². The molecule has 1 amide bonds. The molecule has 0 fully saturated rings. The first-order valence-corrected chi connectivity index (χ1v) is 10.8. The van der Waals surface area contributed by atoms with Gasteiger partial charge in [0, 0.05) is 35.5 Å². The van der Waals surface area contributed by atoms with Crippen molar-refractivity contribution in [1.82, 2.24) is 19.9 Å². The van der Waals surface area contributed by atoms with Crippen molar-refractivity contribution in [1.29, 1.82) is 0 Å². The zero-order valence-electron chi connectivity index (χ0n) is 17.2. The molecule has 0 saturated carbocycles. The summed E-state index contributed by atoms with van der Waals surface area (Å²) in [5.41, 5.74) is 7.78. The second-order valence-electron chi connectivity index (χ2n) is 8.30. The third-order valence-electron chi connectivity index (χ3n) is 6.63. The fraction of sp³-hybridized carbons (Fsp3) is 0.115. The van der Waals surface area contributed by atoms with Crippen molar-refractivity contribution >= 4 is 39.2 Å². The van der Waals surface area contributed by atoms with E-state index in [9.17, 15) is 4.79 Å². The van der Waals surface area contributed by atoms with Crippen LogP contribution < -0.4 is 4.90 Å². The highest BCUT2D eigenvalue weighted by Gasteiger charge is 2.43. The number of carbonyl (C=O) groups excluding carboxylic acids is 1. The van der Waals surface area contributed by atoms with Crippen LogP contribution in [0.2, 0.25) is 0 Å². The summed E-state index contributed by atoms with van der Waals surface area (Å²) in [5, 5.41) is 1.23. The Balaban J connectivity index is 1.51. The Kier molecular flexibility index (Phi) is 3.50. The van der Waals surface area contributed by atoms with Gasteiger partial charge in [-0.15, -0.1) is 0 Å². The highest BCUT2D eigenvalue weighted by atomic mass is 16.2. The minimum atomic E-state index is -0.248. The standard InChI is InChI=1S/C26H19N5O/c32-26-19-6-2-4-8-23(19)31(16-9-10-21-22(15-16)28-13-12-27-21)25-24-18(11-14-30(25)26)17-5-1-3-7-20(17)29-24/h1-10,12-13,15,25,29H,11,14H2. The van der Waals surface area contributed by atoms with Gasteiger partial charge < -0.3 is 14.8 Å². The van der Waals surface area contributed by atoms with E-state index in [1.807, 2.05) is 41.3 Å². The van der Waals surface area contributed by atoms with Crippen LogP contribution in [0.15, 0.2) is 79.1 Å². The molecule has 6 heteroatoms. The Bertz CT molecular complexity index is 1540. The molecule has 2 aliphatic rings. The van der Waals surface area contributed by atoms with E-state index in [0.717, 1.165) is 45.6 Å². The lowest BCUT2D eigenvalue weighted by Gasteiger charge is -2.47. The molecule has 4 heterocycles. The van der Waals surface area contributed by atoms with Crippen LogP contribution in [0.1, 0.15) is 27.8 Å². The lowest BCUT2D eigenvalue weighted by atomic mass is 9.95. The molecule has 2 aliphatic heterocycles. The average Bonchev–Trinajstić information content (AvgIpc) is 3.23. The highest BCUT2D eigenvalue weighted by molar-refractivity contribution is 6.04. The van der Waals surface area contributed by atoms with Gasteiger partial charge in [-0.3, -0.25) is 14.8 Å². The largest absolute Gasteiger partial charge is 0.355 e. The van der Waals surface area contributed by atoms with Crippen molar-refractivity contribution in [3.05, 3.63) is 95.9 Å². The third kappa shape index (κ3) is 2.32. The molecule has 0 spiro atoms. The fourth-order valence-corrected chi connectivity index (χ4v) is 5.23. The van der Waals surface area contributed by atoms with E-state index in [-0.39, 0.29) is 12.1 Å². The summed E-state index contributed by atoms with van der Waals surface area (Å²) in [7, 11) is 0. The molecule has 0 radical (unpaired) electrons. The van der Waals surface area contributed by atoms with Gasteiger partial charge in [-0.1, -0.05) is 30.3 Å². The van der Waals surface area contributed by atoms with Crippen LogP contribution in [0.5, 0.6) is 0 Å². The van der Waals surface area contributed by atoms with E-state index in [1.165, 1.54) is 10.9 Å². The molecule has 7 rings (SSSR count). The van der Waals surface area contributed by atoms with Crippen molar-refractivity contribution in [3.63, 3.8) is 0 Å². The van der Waals surface area contributed by atoms with E-state index in [2.05, 4.69) is 50.2 Å². The monoisotopic (exact) mass is 417 g/mol. The number of amides is 1. The number of rotatable bonds is 1. The molecule has 3 aromatic carbocycles. The summed E-state index contributed by atoms with van der Waals surface area (Å²) in [5.74, 6) is 0.0757. The normalized spacial score (nSPS) is 17.4. The van der Waals surface area contributed by atoms with E-state index in [0.29, 0.717) is 6.54 Å². The summed E-state index contributed by atoms with van der Waals surface area (Å²) >= 11 is 0. The minimum Gasteiger partial charge on any atom is -0.355 e. The number of aromatic amines is 1. The van der Waals surface area contributed by atoms with Gasteiger partial charge in [0.2, 0.25) is 0 Å². The number of benzene rings is 3. The first-order valence-electron chi connectivity index (χ1n) is 10.8. The quantitative estimate of drug-likeness (QED) is 0.419. The number of nitrogens with one attached hydrogen (secondary N) is 1. The molecular formula is C26H19N5O. The summed E-state index contributed by atoms with van der Waals surface area (Å²) in [6, 6.07) is 22.4. The van der Waals surface area contributed by atoms with E-state index < -0.39 is 0 Å². The van der Waals surface area contributed by atoms with Crippen LogP contribution in [-0.2, 0) is 6.42 Å². The second kappa shape index (κ2) is 6.40. The molecule has 154 valence electrons. The predicted octanol–water partition coefficient (Wildman–Crippen LogP) is 4.96. The van der Waals surface area contributed by atoms with Crippen LogP contribution in [0.25, 0.3) is 21.9 Å². The van der Waals surface area contributed by atoms with Gasteiger partial charge in [0.25, 0.3) is 5.91 Å². The van der Waals surface area contributed by atoms with Crippen molar-refractivity contribution in [2.45, 2.75) is 12.6 Å². The molecular weight excluding hydrogens is 398 g/mol. The zero-order chi connectivity index (χ0) is 21.2. The van der Waals surface area contributed by atoms with Gasteiger partial charge in [0.1, 0.15) is 0 Å². The molecule has 0 aliphatic carbocycles. The number of H-pyrrole nitrogens is 1. The minimum absolute atomic E-state index is 0.0757. The Morgan fingerprint density at radius 3 is 2.66 bits per heavy atom. The van der Waals surface area contributed by atoms with Crippen molar-refractivity contribution in [2.24, 2.45) is 0 Å². The third-order valence-corrected chi connectivity index (χ3v) is 6.63. The first-order chi connectivity index (χ1) is 15.8. The Labute approximate surface area is 184 Å². The van der Waals surface area contributed by atoms with Gasteiger partial charge >= 0.3 is 0 Å². The van der Waals surface area contributed by atoms with Crippen molar-refractivity contribution < 1.29 is 4.79 Å². The summed E-state index contributed by atoms with van der Waals surface area (Å²) in [6.07, 6.45) is 4.00. The molecule has 5 aromatic rings. The first kappa shape index (κ1) is 17.5. The molecule has 2 aromatic heterocycles. The number of anilines is 2. The van der Waals surface area contributed by atoms with Crippen LogP contribution in [0, 0.1) is 0 Å². The van der Waals surface area contributed by atoms with Crippen molar-refractivity contribution in [2.75, 3.05) is 11.4 Å². The molecule has 1 unspecified atom stereocenters. The van der Waals surface area contributed by atoms with Crippen LogP contribution in [0.3, 0.4) is 0 Å². The molecule has 0 saturated heterocycles. The van der Waals surface area contributed by atoms with Gasteiger partial charge in [0.15, 0.2) is 6.17 Å². The zero-order valence-corrected chi connectivity index (χ0v) is 17.2. The Hall–Kier alpha value is -4.19. The Morgan fingerprint density at radius 1 is 0.906 bits per heavy atom. The summed E-state index contributed by atoms with van der Waals surface area (Å²) in [4.78, 5) is 30.3. The molecule has 32 heavy (non-hydrogen) atoms. The maximum atomic E-state index is 13.5. The second-order valence-corrected chi connectivity index (χ2v) is 8.30. The van der Waals surface area contributed by atoms with Gasteiger partial charge in [-0.05, 0) is 48.4 Å².